The summed E-state index contributed by atoms with van der Waals surface area (Å²) in [6.45, 7) is 7.13. The van der Waals surface area contributed by atoms with Gasteiger partial charge in [0.25, 0.3) is 0 Å². The number of rotatable bonds is 12. The summed E-state index contributed by atoms with van der Waals surface area (Å²) in [7, 11) is 3.24. The van der Waals surface area contributed by atoms with Gasteiger partial charge in [0.15, 0.2) is 11.5 Å². The first kappa shape index (κ1) is 26.1. The Hall–Kier alpha value is -3.47. The molecule has 0 aliphatic carbocycles. The summed E-state index contributed by atoms with van der Waals surface area (Å²) in [6.07, 6.45) is 1.41. The van der Waals surface area contributed by atoms with Gasteiger partial charge in [-0.2, -0.15) is 0 Å². The monoisotopic (exact) mass is 475 g/mol. The normalized spacial score (nSPS) is 11.7. The van der Waals surface area contributed by atoms with Gasteiger partial charge in [-0.05, 0) is 61.2 Å². The molecule has 3 aromatic carbocycles. The van der Waals surface area contributed by atoms with Crippen LogP contribution in [0.2, 0.25) is 0 Å². The van der Waals surface area contributed by atoms with Crippen LogP contribution in [0.25, 0.3) is 0 Å². The largest absolute Gasteiger partial charge is 0.493 e. The smallest absolute Gasteiger partial charge is 0.222 e. The summed E-state index contributed by atoms with van der Waals surface area (Å²) in [6, 6.07) is 24.6. The fourth-order valence-electron chi connectivity index (χ4n) is 4.26. The van der Waals surface area contributed by atoms with Crippen LogP contribution in [0.3, 0.4) is 0 Å². The van der Waals surface area contributed by atoms with Crippen LogP contribution < -0.4 is 14.2 Å². The second-order valence-corrected chi connectivity index (χ2v) is 8.85. The van der Waals surface area contributed by atoms with Gasteiger partial charge in [0.2, 0.25) is 5.91 Å². The standard InChI is InChI=1S/C30H37NO4/c1-6-30(32)31(21-23-12-17-28(33-4)29(20-23)34-5)19-18-27(24-10-8-7-9-11-24)25-13-15-26(16-14-25)35-22(2)3/h7-17,20,22,27H,6,18-19,21H2,1-5H3/t27-/m0/s1. The Morgan fingerprint density at radius 3 is 2.11 bits per heavy atom. The molecule has 0 saturated heterocycles. The molecule has 0 heterocycles. The molecule has 5 heteroatoms. The van der Waals surface area contributed by atoms with Crippen molar-refractivity contribution < 1.29 is 19.0 Å². The van der Waals surface area contributed by atoms with Crippen molar-refractivity contribution >= 4 is 5.91 Å². The maximum Gasteiger partial charge on any atom is 0.222 e. The molecule has 3 aromatic rings. The van der Waals surface area contributed by atoms with Crippen molar-refractivity contribution in [3.63, 3.8) is 0 Å². The third-order valence-corrected chi connectivity index (χ3v) is 6.02. The molecular weight excluding hydrogens is 438 g/mol. The van der Waals surface area contributed by atoms with Gasteiger partial charge < -0.3 is 19.1 Å². The lowest BCUT2D eigenvalue weighted by molar-refractivity contribution is -0.131. The minimum atomic E-state index is 0.132. The summed E-state index contributed by atoms with van der Waals surface area (Å²) in [5.74, 6) is 2.51. The van der Waals surface area contributed by atoms with Crippen LogP contribution in [0, 0.1) is 0 Å². The predicted molar refractivity (Wildman–Crippen MR) is 140 cm³/mol. The number of hydrogen-bond acceptors (Lipinski definition) is 4. The van der Waals surface area contributed by atoms with E-state index < -0.39 is 0 Å². The molecule has 35 heavy (non-hydrogen) atoms. The third kappa shape index (κ3) is 7.25. The highest BCUT2D eigenvalue weighted by Crippen LogP contribution is 2.31. The lowest BCUT2D eigenvalue weighted by Crippen LogP contribution is -2.31. The van der Waals surface area contributed by atoms with Crippen molar-refractivity contribution in [2.75, 3.05) is 20.8 Å². The van der Waals surface area contributed by atoms with E-state index in [2.05, 4.69) is 36.4 Å². The lowest BCUT2D eigenvalue weighted by atomic mass is 9.88. The van der Waals surface area contributed by atoms with E-state index in [-0.39, 0.29) is 17.9 Å². The van der Waals surface area contributed by atoms with Crippen LogP contribution in [0.15, 0.2) is 72.8 Å². The average Bonchev–Trinajstić information content (AvgIpc) is 2.88. The van der Waals surface area contributed by atoms with Crippen molar-refractivity contribution in [3.8, 4) is 17.2 Å². The van der Waals surface area contributed by atoms with E-state index in [1.54, 1.807) is 14.2 Å². The molecule has 3 rings (SSSR count). The summed E-state index contributed by atoms with van der Waals surface area (Å²) in [5.41, 5.74) is 3.46. The van der Waals surface area contributed by atoms with Crippen molar-refractivity contribution in [1.29, 1.82) is 0 Å². The molecule has 0 unspecified atom stereocenters. The van der Waals surface area contributed by atoms with Crippen LogP contribution in [0.1, 0.15) is 56.2 Å². The SMILES string of the molecule is CCC(=O)N(CC[C@@H](c1ccccc1)c1ccc(OC(C)C)cc1)Cc1ccc(OC)c(OC)c1. The zero-order valence-corrected chi connectivity index (χ0v) is 21.5. The van der Waals surface area contributed by atoms with Crippen molar-refractivity contribution in [3.05, 3.63) is 89.5 Å². The van der Waals surface area contributed by atoms with E-state index in [4.69, 9.17) is 14.2 Å². The molecule has 186 valence electrons. The first-order valence-corrected chi connectivity index (χ1v) is 12.2. The molecule has 5 nitrogen and oxygen atoms in total. The van der Waals surface area contributed by atoms with Crippen LogP contribution in [0.4, 0.5) is 0 Å². The lowest BCUT2D eigenvalue weighted by Gasteiger charge is -2.26. The van der Waals surface area contributed by atoms with Gasteiger partial charge in [-0.25, -0.2) is 0 Å². The van der Waals surface area contributed by atoms with E-state index in [9.17, 15) is 4.79 Å². The maximum atomic E-state index is 12.9. The summed E-state index contributed by atoms with van der Waals surface area (Å²) in [5, 5.41) is 0. The van der Waals surface area contributed by atoms with E-state index in [1.807, 2.05) is 62.1 Å². The summed E-state index contributed by atoms with van der Waals surface area (Å²) >= 11 is 0. The number of methoxy groups -OCH3 is 2. The molecule has 0 radical (unpaired) electrons. The minimum Gasteiger partial charge on any atom is -0.493 e. The second kappa shape index (κ2) is 12.8. The van der Waals surface area contributed by atoms with Crippen LogP contribution >= 0.6 is 0 Å². The molecule has 0 aliphatic rings. The molecule has 0 aromatic heterocycles. The van der Waals surface area contributed by atoms with Gasteiger partial charge in [-0.3, -0.25) is 4.79 Å². The van der Waals surface area contributed by atoms with E-state index >= 15 is 0 Å². The quantitative estimate of drug-likeness (QED) is 0.302. The number of carbonyl (C=O) groups is 1. The van der Waals surface area contributed by atoms with Gasteiger partial charge in [-0.1, -0.05) is 55.5 Å². The Kier molecular flexibility index (Phi) is 9.59. The number of benzene rings is 3. The number of hydrogen-bond donors (Lipinski definition) is 0. The number of ether oxygens (including phenoxy) is 3. The number of nitrogens with zero attached hydrogens (tertiary/aromatic N) is 1. The van der Waals surface area contributed by atoms with Gasteiger partial charge >= 0.3 is 0 Å². The fraction of sp³-hybridized carbons (Fsp3) is 0.367. The highest BCUT2D eigenvalue weighted by Gasteiger charge is 2.19. The molecule has 1 amide bonds. The Bertz CT molecular complexity index is 1060. The van der Waals surface area contributed by atoms with Crippen molar-refractivity contribution in [2.45, 2.75) is 52.2 Å². The van der Waals surface area contributed by atoms with Gasteiger partial charge in [-0.15, -0.1) is 0 Å². The summed E-state index contributed by atoms with van der Waals surface area (Å²) in [4.78, 5) is 14.8. The van der Waals surface area contributed by atoms with Crippen LogP contribution in [0.5, 0.6) is 17.2 Å². The maximum absolute atomic E-state index is 12.9. The Balaban J connectivity index is 1.82. The fourth-order valence-corrected chi connectivity index (χ4v) is 4.26. The van der Waals surface area contributed by atoms with Crippen LogP contribution in [-0.2, 0) is 11.3 Å². The molecule has 0 N–H and O–H groups in total. The highest BCUT2D eigenvalue weighted by atomic mass is 16.5. The van der Waals surface area contributed by atoms with Crippen molar-refractivity contribution in [2.24, 2.45) is 0 Å². The zero-order valence-electron chi connectivity index (χ0n) is 21.5. The van der Waals surface area contributed by atoms with E-state index in [0.717, 1.165) is 17.7 Å². The minimum absolute atomic E-state index is 0.132. The predicted octanol–water partition coefficient (Wildman–Crippen LogP) is 6.45. The van der Waals surface area contributed by atoms with Crippen LogP contribution in [-0.4, -0.2) is 37.7 Å². The van der Waals surface area contributed by atoms with Gasteiger partial charge in [0.1, 0.15) is 5.75 Å². The van der Waals surface area contributed by atoms with E-state index in [1.165, 1.54) is 11.1 Å². The van der Waals surface area contributed by atoms with Crippen molar-refractivity contribution in [1.82, 2.24) is 4.90 Å². The Morgan fingerprint density at radius 2 is 1.51 bits per heavy atom. The van der Waals surface area contributed by atoms with E-state index in [0.29, 0.717) is 31.0 Å². The highest BCUT2D eigenvalue weighted by molar-refractivity contribution is 5.75. The molecular formula is C30H37NO4. The molecule has 0 aliphatic heterocycles. The van der Waals surface area contributed by atoms with Gasteiger partial charge in [0.05, 0.1) is 20.3 Å². The average molecular weight is 476 g/mol. The molecule has 0 fully saturated rings. The Morgan fingerprint density at radius 1 is 0.857 bits per heavy atom. The zero-order chi connectivity index (χ0) is 25.2. The summed E-state index contributed by atoms with van der Waals surface area (Å²) < 4.78 is 16.6. The molecule has 0 spiro atoms. The molecule has 0 saturated carbocycles. The Labute approximate surface area is 209 Å². The molecule has 1 atom stereocenters. The van der Waals surface area contributed by atoms with Gasteiger partial charge in [0, 0.05) is 25.4 Å². The second-order valence-electron chi connectivity index (χ2n) is 8.85. The first-order chi connectivity index (χ1) is 16.9. The molecule has 0 bridgehead atoms. The topological polar surface area (TPSA) is 48.0 Å². The number of carbonyl (C=O) groups excluding carboxylic acids is 1. The number of amides is 1. The third-order valence-electron chi connectivity index (χ3n) is 6.02. The first-order valence-electron chi connectivity index (χ1n) is 12.2.